The molecule has 4 heteroatoms. The van der Waals surface area contributed by atoms with Gasteiger partial charge in [0, 0.05) is 6.04 Å². The average Bonchev–Trinajstić information content (AvgIpc) is 2.58. The minimum absolute atomic E-state index is 0.262. The molecule has 1 aromatic rings. The summed E-state index contributed by atoms with van der Waals surface area (Å²) in [5.74, 6) is 0. The van der Waals surface area contributed by atoms with Gasteiger partial charge in [0.15, 0.2) is 0 Å². The van der Waals surface area contributed by atoms with Gasteiger partial charge in [0.1, 0.15) is 0 Å². The standard InChI is InChI=1S/C13H21Br2NS/c1-5-7-16-11(13(3,4)6-2)9-8-10(14)17-12(9)15/h8,11,16H,5-7H2,1-4H3. The van der Waals surface area contributed by atoms with Gasteiger partial charge >= 0.3 is 0 Å². The normalized spacial score (nSPS) is 14.0. The second kappa shape index (κ2) is 6.69. The second-order valence-corrected chi connectivity index (χ2v) is 8.76. The molecule has 1 unspecified atom stereocenters. The van der Waals surface area contributed by atoms with Crippen molar-refractivity contribution >= 4 is 43.2 Å². The Labute approximate surface area is 126 Å². The zero-order valence-corrected chi connectivity index (χ0v) is 14.9. The highest BCUT2D eigenvalue weighted by Crippen LogP contribution is 2.43. The van der Waals surface area contributed by atoms with Crippen molar-refractivity contribution in [1.29, 1.82) is 0 Å². The third kappa shape index (κ3) is 4.05. The van der Waals surface area contributed by atoms with Crippen LogP contribution in [0.15, 0.2) is 13.6 Å². The summed E-state index contributed by atoms with van der Waals surface area (Å²) >= 11 is 9.00. The smallest absolute Gasteiger partial charge is 0.0758 e. The molecule has 1 atom stereocenters. The molecule has 0 bridgehead atoms. The highest BCUT2D eigenvalue weighted by Gasteiger charge is 2.30. The number of hydrogen-bond acceptors (Lipinski definition) is 2. The Kier molecular flexibility index (Phi) is 6.17. The molecular formula is C13H21Br2NS. The van der Waals surface area contributed by atoms with Crippen LogP contribution in [0, 0.1) is 5.41 Å². The van der Waals surface area contributed by atoms with Crippen LogP contribution in [-0.4, -0.2) is 6.54 Å². The molecule has 98 valence electrons. The lowest BCUT2D eigenvalue weighted by Crippen LogP contribution is -2.34. The fraction of sp³-hybridized carbons (Fsp3) is 0.692. The van der Waals surface area contributed by atoms with Crippen LogP contribution >= 0.6 is 43.2 Å². The summed E-state index contributed by atoms with van der Waals surface area (Å²) in [6.45, 7) is 10.2. The third-order valence-corrected chi connectivity index (χ3v) is 5.67. The molecule has 0 radical (unpaired) electrons. The Morgan fingerprint density at radius 1 is 1.35 bits per heavy atom. The quantitative estimate of drug-likeness (QED) is 0.660. The minimum atomic E-state index is 0.262. The molecule has 17 heavy (non-hydrogen) atoms. The number of nitrogens with one attached hydrogen (secondary N) is 1. The molecule has 1 rings (SSSR count). The second-order valence-electron chi connectivity index (χ2n) is 5.01. The van der Waals surface area contributed by atoms with Crippen molar-refractivity contribution in [2.45, 2.75) is 46.6 Å². The SMILES string of the molecule is CCCNC(c1cc(Br)sc1Br)C(C)(C)CC. The van der Waals surface area contributed by atoms with E-state index in [4.69, 9.17) is 0 Å². The highest BCUT2D eigenvalue weighted by atomic mass is 79.9. The topological polar surface area (TPSA) is 12.0 Å². The Bertz CT molecular complexity index is 360. The first-order chi connectivity index (χ1) is 7.92. The number of halogens is 2. The maximum Gasteiger partial charge on any atom is 0.0758 e. The van der Waals surface area contributed by atoms with E-state index in [2.05, 4.69) is 70.9 Å². The zero-order valence-electron chi connectivity index (χ0n) is 10.9. The van der Waals surface area contributed by atoms with Gasteiger partial charge in [-0.1, -0.05) is 27.7 Å². The van der Waals surface area contributed by atoms with Crippen LogP contribution in [0.3, 0.4) is 0 Å². The molecule has 0 spiro atoms. The van der Waals surface area contributed by atoms with Crippen molar-refractivity contribution < 1.29 is 0 Å². The Hall–Kier alpha value is 0.620. The van der Waals surface area contributed by atoms with Crippen LogP contribution in [0.2, 0.25) is 0 Å². The fourth-order valence-electron chi connectivity index (χ4n) is 1.85. The summed E-state index contributed by atoms with van der Waals surface area (Å²) in [6.07, 6.45) is 2.33. The molecule has 0 amide bonds. The number of thiophene rings is 1. The lowest BCUT2D eigenvalue weighted by molar-refractivity contribution is 0.234. The van der Waals surface area contributed by atoms with Gasteiger partial charge in [0.25, 0.3) is 0 Å². The first kappa shape index (κ1) is 15.7. The molecule has 1 N–H and O–H groups in total. The summed E-state index contributed by atoms with van der Waals surface area (Å²) in [6, 6.07) is 2.64. The van der Waals surface area contributed by atoms with Crippen LogP contribution in [-0.2, 0) is 0 Å². The van der Waals surface area contributed by atoms with E-state index in [-0.39, 0.29) is 5.41 Å². The molecule has 1 aromatic heterocycles. The van der Waals surface area contributed by atoms with E-state index in [9.17, 15) is 0 Å². The van der Waals surface area contributed by atoms with Crippen molar-refractivity contribution in [3.63, 3.8) is 0 Å². The van der Waals surface area contributed by atoms with Gasteiger partial charge in [-0.05, 0) is 68.3 Å². The summed E-state index contributed by atoms with van der Waals surface area (Å²) in [7, 11) is 0. The van der Waals surface area contributed by atoms with Gasteiger partial charge in [0.05, 0.1) is 7.57 Å². The summed E-state index contributed by atoms with van der Waals surface area (Å²) in [4.78, 5) is 0. The molecule has 0 aliphatic rings. The fourth-order valence-corrected chi connectivity index (χ4v) is 4.75. The van der Waals surface area contributed by atoms with E-state index in [1.54, 1.807) is 11.3 Å². The van der Waals surface area contributed by atoms with Crippen molar-refractivity contribution in [3.8, 4) is 0 Å². The lowest BCUT2D eigenvalue weighted by atomic mass is 9.79. The Morgan fingerprint density at radius 3 is 2.41 bits per heavy atom. The maximum atomic E-state index is 3.69. The van der Waals surface area contributed by atoms with E-state index in [0.717, 1.165) is 13.0 Å². The van der Waals surface area contributed by atoms with Crippen molar-refractivity contribution in [2.24, 2.45) is 5.41 Å². The molecule has 0 saturated heterocycles. The van der Waals surface area contributed by atoms with Crippen LogP contribution in [0.5, 0.6) is 0 Å². The van der Waals surface area contributed by atoms with Crippen molar-refractivity contribution in [1.82, 2.24) is 5.32 Å². The highest BCUT2D eigenvalue weighted by molar-refractivity contribution is 9.12. The monoisotopic (exact) mass is 381 g/mol. The van der Waals surface area contributed by atoms with Crippen LogP contribution < -0.4 is 5.32 Å². The van der Waals surface area contributed by atoms with Crippen LogP contribution in [0.1, 0.15) is 52.1 Å². The molecule has 0 aromatic carbocycles. The summed E-state index contributed by atoms with van der Waals surface area (Å²) < 4.78 is 2.43. The molecular weight excluding hydrogens is 362 g/mol. The predicted octanol–water partition coefficient (Wildman–Crippen LogP) is 5.75. The van der Waals surface area contributed by atoms with Crippen LogP contribution in [0.25, 0.3) is 0 Å². The zero-order chi connectivity index (χ0) is 13.1. The predicted molar refractivity (Wildman–Crippen MR) is 84.8 cm³/mol. The first-order valence-electron chi connectivity index (χ1n) is 6.10. The van der Waals surface area contributed by atoms with E-state index in [0.29, 0.717) is 6.04 Å². The van der Waals surface area contributed by atoms with Crippen molar-refractivity contribution in [3.05, 3.63) is 19.2 Å². The molecule has 0 fully saturated rings. The van der Waals surface area contributed by atoms with E-state index >= 15 is 0 Å². The van der Waals surface area contributed by atoms with E-state index in [1.165, 1.54) is 19.6 Å². The van der Waals surface area contributed by atoms with E-state index in [1.807, 2.05) is 0 Å². The van der Waals surface area contributed by atoms with Gasteiger partial charge in [-0.2, -0.15) is 0 Å². The molecule has 0 aliphatic carbocycles. The minimum Gasteiger partial charge on any atom is -0.309 e. The van der Waals surface area contributed by atoms with Gasteiger partial charge in [-0.3, -0.25) is 0 Å². The molecule has 1 heterocycles. The maximum absolute atomic E-state index is 3.69. The molecule has 0 aliphatic heterocycles. The lowest BCUT2D eigenvalue weighted by Gasteiger charge is -2.34. The molecule has 0 saturated carbocycles. The van der Waals surface area contributed by atoms with Crippen molar-refractivity contribution in [2.75, 3.05) is 6.54 Å². The van der Waals surface area contributed by atoms with Gasteiger partial charge in [0.2, 0.25) is 0 Å². The van der Waals surface area contributed by atoms with Gasteiger partial charge in [-0.25, -0.2) is 0 Å². The Balaban J connectivity index is 3.01. The first-order valence-corrected chi connectivity index (χ1v) is 8.50. The Morgan fingerprint density at radius 2 is 2.00 bits per heavy atom. The summed E-state index contributed by atoms with van der Waals surface area (Å²) in [5, 5.41) is 3.69. The summed E-state index contributed by atoms with van der Waals surface area (Å²) in [5.41, 5.74) is 1.64. The van der Waals surface area contributed by atoms with E-state index < -0.39 is 0 Å². The number of rotatable bonds is 6. The molecule has 1 nitrogen and oxygen atoms in total. The third-order valence-electron chi connectivity index (χ3n) is 3.29. The van der Waals surface area contributed by atoms with Gasteiger partial charge in [-0.15, -0.1) is 11.3 Å². The van der Waals surface area contributed by atoms with Gasteiger partial charge < -0.3 is 5.32 Å². The average molecular weight is 383 g/mol. The van der Waals surface area contributed by atoms with Crippen LogP contribution in [0.4, 0.5) is 0 Å². The number of hydrogen-bond donors (Lipinski definition) is 1. The largest absolute Gasteiger partial charge is 0.309 e.